The third kappa shape index (κ3) is 7.31. The molecule has 6 rings (SSSR count). The summed E-state index contributed by atoms with van der Waals surface area (Å²) in [6.07, 6.45) is 0. The van der Waals surface area contributed by atoms with Crippen molar-refractivity contribution in [2.24, 2.45) is 9.98 Å². The molecule has 5 aromatic rings. The van der Waals surface area contributed by atoms with E-state index in [1.807, 2.05) is 41.5 Å². The SMILES string of the molecule is COc1cc(C(C)(C)C)c([O-])c([O-])c1C(C)(C)C.Cc1cccc(C)c1N=C1C(=Nc2c(C)cccc2C)c2cccc3cccc1c23.[Ni+2]. The molecule has 0 spiro atoms. The molecule has 0 heterocycles. The molecule has 0 fully saturated rings. The summed E-state index contributed by atoms with van der Waals surface area (Å²) in [7, 11) is 1.53. The van der Waals surface area contributed by atoms with Crippen LogP contribution in [-0.2, 0) is 27.3 Å². The van der Waals surface area contributed by atoms with Crippen LogP contribution in [0.1, 0.15) is 86.1 Å². The first-order valence-electron chi connectivity index (χ1n) is 16.5. The molecule has 0 atom stereocenters. The van der Waals surface area contributed by atoms with Crippen LogP contribution >= 0.6 is 0 Å². The molecule has 0 bridgehead atoms. The van der Waals surface area contributed by atoms with Crippen LogP contribution < -0.4 is 14.9 Å². The van der Waals surface area contributed by atoms with Crippen LogP contribution in [0, 0.1) is 27.7 Å². The molecular formula is C43H46N2NiO3. The van der Waals surface area contributed by atoms with E-state index in [1.165, 1.54) is 40.1 Å². The van der Waals surface area contributed by atoms with Gasteiger partial charge in [0.05, 0.1) is 29.9 Å². The molecule has 6 heteroatoms. The van der Waals surface area contributed by atoms with E-state index >= 15 is 0 Å². The fourth-order valence-electron chi connectivity index (χ4n) is 6.45. The van der Waals surface area contributed by atoms with Gasteiger partial charge in [0, 0.05) is 16.5 Å². The first kappa shape index (κ1) is 37.4. The van der Waals surface area contributed by atoms with Crippen molar-refractivity contribution in [3.8, 4) is 17.2 Å². The van der Waals surface area contributed by atoms with Crippen molar-refractivity contribution in [2.45, 2.75) is 80.1 Å². The van der Waals surface area contributed by atoms with Gasteiger partial charge in [-0.15, -0.1) is 11.5 Å². The maximum absolute atomic E-state index is 12.3. The van der Waals surface area contributed by atoms with Crippen LogP contribution in [-0.4, -0.2) is 18.5 Å². The van der Waals surface area contributed by atoms with Gasteiger partial charge in [-0.25, -0.2) is 9.98 Å². The molecule has 0 saturated heterocycles. The number of hydrogen-bond acceptors (Lipinski definition) is 5. The molecule has 0 saturated carbocycles. The third-order valence-electron chi connectivity index (χ3n) is 8.94. The van der Waals surface area contributed by atoms with Crippen LogP contribution in [0.3, 0.4) is 0 Å². The molecular weight excluding hydrogens is 651 g/mol. The fourth-order valence-corrected chi connectivity index (χ4v) is 6.45. The van der Waals surface area contributed by atoms with Gasteiger partial charge in [0.2, 0.25) is 0 Å². The first-order valence-corrected chi connectivity index (χ1v) is 16.5. The Kier molecular flexibility index (Phi) is 10.9. The van der Waals surface area contributed by atoms with E-state index in [1.54, 1.807) is 6.07 Å². The van der Waals surface area contributed by atoms with Crippen LogP contribution in [0.15, 0.2) is 88.8 Å². The standard InChI is InChI=1S/C28H24N2.C15H24O3.Ni/c1-17-9-5-10-18(2)25(17)29-27-22-15-7-13-21-14-8-16-23(24(21)22)28(27)30-26-19(3)11-6-12-20(26)4;1-14(2,3)9-8-10(18-7)11(15(4,5)6)13(17)12(9)16;/h5-16H,1-4H3;8,16-17H,1-7H3;/q;;+2/p-2. The quantitative estimate of drug-likeness (QED) is 0.176. The van der Waals surface area contributed by atoms with Crippen molar-refractivity contribution in [1.82, 2.24) is 0 Å². The summed E-state index contributed by atoms with van der Waals surface area (Å²) in [4.78, 5) is 10.4. The van der Waals surface area contributed by atoms with Gasteiger partial charge >= 0.3 is 16.5 Å². The number of aryl methyl sites for hydroxylation is 4. The molecule has 0 aliphatic heterocycles. The Labute approximate surface area is 301 Å². The molecule has 0 radical (unpaired) electrons. The maximum Gasteiger partial charge on any atom is 2.00 e. The minimum absolute atomic E-state index is 0. The first-order chi connectivity index (χ1) is 22.5. The number of aliphatic imine (C=N–C) groups is 2. The molecule has 1 aliphatic carbocycles. The minimum Gasteiger partial charge on any atom is -0.873 e. The second kappa shape index (κ2) is 14.2. The number of benzene rings is 5. The molecule has 256 valence electrons. The zero-order chi connectivity index (χ0) is 35.1. The monoisotopic (exact) mass is 696 g/mol. The summed E-state index contributed by atoms with van der Waals surface area (Å²) in [5, 5.41) is 26.9. The summed E-state index contributed by atoms with van der Waals surface area (Å²) in [5.41, 5.74) is 11.2. The molecule has 0 amide bonds. The van der Waals surface area contributed by atoms with Crippen LogP contribution in [0.4, 0.5) is 11.4 Å². The van der Waals surface area contributed by atoms with E-state index in [9.17, 15) is 10.2 Å². The zero-order valence-corrected chi connectivity index (χ0v) is 31.4. The van der Waals surface area contributed by atoms with Gasteiger partial charge in [0.1, 0.15) is 5.75 Å². The van der Waals surface area contributed by atoms with E-state index in [0.717, 1.165) is 33.9 Å². The van der Waals surface area contributed by atoms with Crippen molar-refractivity contribution in [1.29, 1.82) is 0 Å². The molecule has 49 heavy (non-hydrogen) atoms. The normalized spacial score (nSPS) is 14.1. The van der Waals surface area contributed by atoms with E-state index in [4.69, 9.17) is 14.7 Å². The van der Waals surface area contributed by atoms with Gasteiger partial charge in [-0.2, -0.15) is 0 Å². The average Bonchev–Trinajstić information content (AvgIpc) is 3.30. The van der Waals surface area contributed by atoms with Crippen molar-refractivity contribution < 1.29 is 31.4 Å². The Bertz CT molecular complexity index is 1950. The van der Waals surface area contributed by atoms with Crippen molar-refractivity contribution in [3.63, 3.8) is 0 Å². The average molecular weight is 698 g/mol. The Morgan fingerprint density at radius 3 is 1.35 bits per heavy atom. The summed E-state index contributed by atoms with van der Waals surface area (Å²) in [5.74, 6) is -0.336. The summed E-state index contributed by atoms with van der Waals surface area (Å²) < 4.78 is 5.30. The second-order valence-electron chi connectivity index (χ2n) is 14.8. The van der Waals surface area contributed by atoms with Crippen molar-refractivity contribution >= 4 is 33.6 Å². The Morgan fingerprint density at radius 1 is 0.571 bits per heavy atom. The van der Waals surface area contributed by atoms with Crippen LogP contribution in [0.5, 0.6) is 17.2 Å². The van der Waals surface area contributed by atoms with Gasteiger partial charge < -0.3 is 14.9 Å². The minimum atomic E-state index is -0.438. The van der Waals surface area contributed by atoms with Gasteiger partial charge in [0.25, 0.3) is 0 Å². The number of rotatable bonds is 3. The Hall–Kier alpha value is -4.41. The summed E-state index contributed by atoms with van der Waals surface area (Å²) in [6, 6.07) is 27.3. The van der Waals surface area contributed by atoms with Gasteiger partial charge in [0.15, 0.2) is 0 Å². The van der Waals surface area contributed by atoms with Crippen molar-refractivity contribution in [3.05, 3.63) is 123 Å². The van der Waals surface area contributed by atoms with Crippen LogP contribution in [0.2, 0.25) is 0 Å². The maximum atomic E-state index is 12.3. The molecule has 5 aromatic carbocycles. The predicted molar refractivity (Wildman–Crippen MR) is 197 cm³/mol. The van der Waals surface area contributed by atoms with Gasteiger partial charge in [-0.1, -0.05) is 114 Å². The van der Waals surface area contributed by atoms with Gasteiger partial charge in [-0.3, -0.25) is 0 Å². The van der Waals surface area contributed by atoms with Crippen LogP contribution in [0.25, 0.3) is 10.8 Å². The third-order valence-corrected chi connectivity index (χ3v) is 8.94. The second-order valence-corrected chi connectivity index (χ2v) is 14.8. The fraction of sp³-hybridized carbons (Fsp3) is 0.302. The molecule has 0 N–H and O–H groups in total. The number of nitrogens with zero attached hydrogens (tertiary/aromatic N) is 2. The van der Waals surface area contributed by atoms with E-state index in [2.05, 4.69) is 100 Å². The summed E-state index contributed by atoms with van der Waals surface area (Å²) >= 11 is 0. The molecule has 1 aliphatic rings. The molecule has 0 aromatic heterocycles. The van der Waals surface area contributed by atoms with Crippen molar-refractivity contribution in [2.75, 3.05) is 7.11 Å². The van der Waals surface area contributed by atoms with Gasteiger partial charge in [-0.05, 0) is 83.4 Å². The smallest absolute Gasteiger partial charge is 0.873 e. The number of para-hydroxylation sites is 2. The Balaban J connectivity index is 0.000000246. The summed E-state index contributed by atoms with van der Waals surface area (Å²) in [6.45, 7) is 20.0. The number of methoxy groups -OCH3 is 1. The number of hydrogen-bond donors (Lipinski definition) is 0. The number of ether oxygens (including phenoxy) is 1. The van der Waals surface area contributed by atoms with E-state index < -0.39 is 16.9 Å². The molecule has 5 nitrogen and oxygen atoms in total. The predicted octanol–water partition coefficient (Wildman–Crippen LogP) is 9.76. The zero-order valence-electron chi connectivity index (χ0n) is 30.4. The van der Waals surface area contributed by atoms with E-state index in [-0.39, 0.29) is 21.9 Å². The topological polar surface area (TPSA) is 80.1 Å². The largest absolute Gasteiger partial charge is 2.00 e. The Morgan fingerprint density at radius 2 is 0.980 bits per heavy atom. The van der Waals surface area contributed by atoms with E-state index in [0.29, 0.717) is 16.9 Å². The molecule has 0 unspecified atom stereocenters.